The summed E-state index contributed by atoms with van der Waals surface area (Å²) in [5.74, 6) is 0.982. The number of carbonyl (C=O) groups excluding carboxylic acids is 1. The Morgan fingerprint density at radius 1 is 1.30 bits per heavy atom. The number of hydrogen-bond acceptors (Lipinski definition) is 5. The Hall–Kier alpha value is -1.95. The summed E-state index contributed by atoms with van der Waals surface area (Å²) in [6.45, 7) is 3.68. The van der Waals surface area contributed by atoms with Gasteiger partial charge in [0, 0.05) is 12.1 Å². The molecule has 6 nitrogen and oxygen atoms in total. The second kappa shape index (κ2) is 5.92. The van der Waals surface area contributed by atoms with Crippen LogP contribution in [-0.2, 0) is 11.2 Å². The number of anilines is 1. The van der Waals surface area contributed by atoms with Crippen LogP contribution in [0.25, 0.3) is 5.65 Å². The Labute approximate surface area is 135 Å². The number of rotatable bonds is 5. The van der Waals surface area contributed by atoms with Crippen molar-refractivity contribution in [3.63, 3.8) is 0 Å². The minimum Gasteiger partial charge on any atom is -0.377 e. The molecule has 0 amide bonds. The summed E-state index contributed by atoms with van der Waals surface area (Å²) in [5, 5.41) is 4.75. The Balaban J connectivity index is 1.80. The van der Waals surface area contributed by atoms with Crippen LogP contribution in [0.1, 0.15) is 48.8 Å². The Bertz CT molecular complexity index is 711. The first-order chi connectivity index (χ1) is 11.3. The second-order valence-corrected chi connectivity index (χ2v) is 6.50. The lowest BCUT2D eigenvalue weighted by Gasteiger charge is -2.36. The van der Waals surface area contributed by atoms with E-state index >= 15 is 0 Å². The number of hydrogen-bond donors (Lipinski definition) is 0. The van der Waals surface area contributed by atoms with Gasteiger partial charge < -0.3 is 9.64 Å². The molecule has 23 heavy (non-hydrogen) atoms. The normalized spacial score (nSPS) is 23.6. The summed E-state index contributed by atoms with van der Waals surface area (Å²) < 4.78 is 7.59. The first-order valence-corrected chi connectivity index (χ1v) is 8.51. The van der Waals surface area contributed by atoms with E-state index in [1.807, 2.05) is 16.6 Å². The van der Waals surface area contributed by atoms with Crippen molar-refractivity contribution >= 4 is 17.8 Å². The third kappa shape index (κ3) is 2.51. The molecule has 2 fully saturated rings. The van der Waals surface area contributed by atoms with Gasteiger partial charge in [0.15, 0.2) is 11.9 Å². The van der Waals surface area contributed by atoms with Gasteiger partial charge in [0.1, 0.15) is 11.5 Å². The molecule has 2 aromatic heterocycles. The van der Waals surface area contributed by atoms with Crippen molar-refractivity contribution < 1.29 is 9.53 Å². The number of fused-ring (bicyclic) bond motifs is 3. The van der Waals surface area contributed by atoms with Crippen LogP contribution in [0.4, 0.5) is 5.82 Å². The van der Waals surface area contributed by atoms with E-state index in [4.69, 9.17) is 9.84 Å². The minimum atomic E-state index is 0.377. The Morgan fingerprint density at radius 3 is 2.78 bits per heavy atom. The van der Waals surface area contributed by atoms with E-state index in [1.165, 1.54) is 0 Å². The first-order valence-electron chi connectivity index (χ1n) is 8.51. The molecule has 2 aliphatic heterocycles. The summed E-state index contributed by atoms with van der Waals surface area (Å²) in [4.78, 5) is 18.1. The van der Waals surface area contributed by atoms with E-state index in [0.717, 1.165) is 68.8 Å². The fourth-order valence-corrected chi connectivity index (χ4v) is 3.75. The highest BCUT2D eigenvalue weighted by Crippen LogP contribution is 2.34. The molecule has 0 N–H and O–H groups in total. The highest BCUT2D eigenvalue weighted by molar-refractivity contribution is 5.75. The van der Waals surface area contributed by atoms with Gasteiger partial charge in [-0.1, -0.05) is 13.3 Å². The summed E-state index contributed by atoms with van der Waals surface area (Å²) in [6.07, 6.45) is 6.30. The molecule has 2 saturated heterocycles. The maximum Gasteiger partial charge on any atom is 0.168 e. The number of nitrogens with zero attached hydrogens (tertiary/aromatic N) is 4. The monoisotopic (exact) mass is 314 g/mol. The van der Waals surface area contributed by atoms with Crippen LogP contribution in [0.15, 0.2) is 12.1 Å². The molecule has 6 heteroatoms. The average Bonchev–Trinajstić information content (AvgIpc) is 3.09. The highest BCUT2D eigenvalue weighted by atomic mass is 16.5. The van der Waals surface area contributed by atoms with Gasteiger partial charge in [0.2, 0.25) is 0 Å². The van der Waals surface area contributed by atoms with E-state index in [0.29, 0.717) is 17.8 Å². The maximum absolute atomic E-state index is 11.3. The number of carbonyl (C=O) groups is 1. The molecule has 122 valence electrons. The number of aryl methyl sites for hydroxylation is 1. The zero-order valence-electron chi connectivity index (χ0n) is 13.4. The summed E-state index contributed by atoms with van der Waals surface area (Å²) in [6, 6.07) is 4.63. The fraction of sp³-hybridized carbons (Fsp3) is 0.588. The number of aromatic nitrogens is 3. The standard InChI is InChI=1S/C17H22N4O2/c1-2-3-4-12-7-16-18-13(9-22)8-17(21(16)19-12)20-14-5-6-15(20)11-23-10-14/h7-9,14-15H,2-6,10-11H2,1H3. The summed E-state index contributed by atoms with van der Waals surface area (Å²) >= 11 is 0. The van der Waals surface area contributed by atoms with Gasteiger partial charge in [-0.2, -0.15) is 9.61 Å². The molecular formula is C17H22N4O2. The van der Waals surface area contributed by atoms with Gasteiger partial charge in [-0.25, -0.2) is 4.98 Å². The summed E-state index contributed by atoms with van der Waals surface area (Å²) in [7, 11) is 0. The van der Waals surface area contributed by atoms with Crippen molar-refractivity contribution in [1.29, 1.82) is 0 Å². The van der Waals surface area contributed by atoms with Gasteiger partial charge in [0.25, 0.3) is 0 Å². The summed E-state index contributed by atoms with van der Waals surface area (Å²) in [5.41, 5.74) is 2.28. The van der Waals surface area contributed by atoms with Crippen LogP contribution in [0.3, 0.4) is 0 Å². The van der Waals surface area contributed by atoms with E-state index in [2.05, 4.69) is 16.8 Å². The Kier molecular flexibility index (Phi) is 3.77. The molecular weight excluding hydrogens is 292 g/mol. The van der Waals surface area contributed by atoms with Gasteiger partial charge in [-0.3, -0.25) is 4.79 Å². The van der Waals surface area contributed by atoms with Crippen molar-refractivity contribution in [2.75, 3.05) is 18.1 Å². The van der Waals surface area contributed by atoms with Gasteiger partial charge >= 0.3 is 0 Å². The van der Waals surface area contributed by atoms with Crippen molar-refractivity contribution in [3.05, 3.63) is 23.5 Å². The smallest absolute Gasteiger partial charge is 0.168 e. The number of ether oxygens (including phenoxy) is 1. The molecule has 0 radical (unpaired) electrons. The zero-order chi connectivity index (χ0) is 15.8. The molecule has 2 bridgehead atoms. The predicted molar refractivity (Wildman–Crippen MR) is 87.1 cm³/mol. The van der Waals surface area contributed by atoms with Crippen molar-refractivity contribution in [2.24, 2.45) is 0 Å². The lowest BCUT2D eigenvalue weighted by Crippen LogP contribution is -2.46. The van der Waals surface area contributed by atoms with Crippen molar-refractivity contribution in [3.8, 4) is 0 Å². The van der Waals surface area contributed by atoms with Crippen LogP contribution in [0.5, 0.6) is 0 Å². The van der Waals surface area contributed by atoms with Gasteiger partial charge in [-0.05, 0) is 25.7 Å². The van der Waals surface area contributed by atoms with E-state index < -0.39 is 0 Å². The van der Waals surface area contributed by atoms with Crippen LogP contribution in [0, 0.1) is 0 Å². The minimum absolute atomic E-state index is 0.377. The third-order valence-corrected chi connectivity index (χ3v) is 4.89. The lowest BCUT2D eigenvalue weighted by atomic mass is 10.2. The number of unbranched alkanes of at least 4 members (excludes halogenated alkanes) is 1. The largest absolute Gasteiger partial charge is 0.377 e. The fourth-order valence-electron chi connectivity index (χ4n) is 3.75. The topological polar surface area (TPSA) is 59.7 Å². The van der Waals surface area contributed by atoms with Crippen LogP contribution >= 0.6 is 0 Å². The quantitative estimate of drug-likeness (QED) is 0.792. The molecule has 0 aliphatic carbocycles. The molecule has 0 spiro atoms. The van der Waals surface area contributed by atoms with Gasteiger partial charge in [0.05, 0.1) is 31.0 Å². The van der Waals surface area contributed by atoms with E-state index in [-0.39, 0.29) is 0 Å². The lowest BCUT2D eigenvalue weighted by molar-refractivity contribution is 0.0899. The number of morpholine rings is 1. The average molecular weight is 314 g/mol. The van der Waals surface area contributed by atoms with Crippen LogP contribution < -0.4 is 4.90 Å². The molecule has 2 atom stereocenters. The number of aldehydes is 1. The highest BCUT2D eigenvalue weighted by Gasteiger charge is 2.38. The van der Waals surface area contributed by atoms with Crippen molar-refractivity contribution in [2.45, 2.75) is 51.1 Å². The SMILES string of the molecule is CCCCc1cc2nc(C=O)cc(N3C4CCC3COC4)n2n1. The molecule has 2 aromatic rings. The molecule has 2 aliphatic rings. The molecule has 0 aromatic carbocycles. The zero-order valence-corrected chi connectivity index (χ0v) is 13.4. The van der Waals surface area contributed by atoms with Crippen LogP contribution in [-0.4, -0.2) is 46.2 Å². The van der Waals surface area contributed by atoms with E-state index in [9.17, 15) is 4.79 Å². The molecule has 4 heterocycles. The first kappa shape index (κ1) is 14.6. The molecule has 4 rings (SSSR count). The Morgan fingerprint density at radius 2 is 2.09 bits per heavy atom. The predicted octanol–water partition coefficient (Wildman–Crippen LogP) is 2.25. The third-order valence-electron chi connectivity index (χ3n) is 4.89. The molecule has 0 saturated carbocycles. The van der Waals surface area contributed by atoms with Gasteiger partial charge in [-0.15, -0.1) is 0 Å². The maximum atomic E-state index is 11.3. The van der Waals surface area contributed by atoms with Crippen LogP contribution in [0.2, 0.25) is 0 Å². The second-order valence-electron chi connectivity index (χ2n) is 6.50. The van der Waals surface area contributed by atoms with E-state index in [1.54, 1.807) is 0 Å². The van der Waals surface area contributed by atoms with Crippen molar-refractivity contribution in [1.82, 2.24) is 14.6 Å². The molecule has 2 unspecified atom stereocenters.